The highest BCUT2D eigenvalue weighted by Gasteiger charge is 2.16. The Balaban J connectivity index is 1.76. The Morgan fingerprint density at radius 3 is 2.94 bits per heavy atom. The molecule has 0 aliphatic carbocycles. The second-order valence-electron chi connectivity index (χ2n) is 4.57. The summed E-state index contributed by atoms with van der Waals surface area (Å²) in [6.07, 6.45) is 4.06. The smallest absolute Gasteiger partial charge is 0.120 e. The van der Waals surface area contributed by atoms with Gasteiger partial charge in [-0.15, -0.1) is 0 Å². The molecule has 1 saturated heterocycles. The van der Waals surface area contributed by atoms with Crippen LogP contribution in [0.15, 0.2) is 16.5 Å². The average Bonchev–Trinajstić information content (AvgIpc) is 2.74. The molecule has 0 saturated carbocycles. The van der Waals surface area contributed by atoms with Crippen molar-refractivity contribution in [2.24, 2.45) is 0 Å². The molecular weight excluding hydrogens is 202 g/mol. The summed E-state index contributed by atoms with van der Waals surface area (Å²) in [4.78, 5) is 0. The highest BCUT2D eigenvalue weighted by molar-refractivity contribution is 5.08. The highest BCUT2D eigenvalue weighted by Crippen LogP contribution is 2.17. The summed E-state index contributed by atoms with van der Waals surface area (Å²) in [5.74, 6) is 1.98. The molecule has 1 aliphatic rings. The zero-order chi connectivity index (χ0) is 11.4. The van der Waals surface area contributed by atoms with Crippen molar-refractivity contribution in [2.45, 2.75) is 45.3 Å². The van der Waals surface area contributed by atoms with E-state index in [1.807, 2.05) is 19.1 Å². The maximum absolute atomic E-state index is 5.68. The van der Waals surface area contributed by atoms with Gasteiger partial charge < -0.3 is 14.5 Å². The van der Waals surface area contributed by atoms with Crippen molar-refractivity contribution in [3.05, 3.63) is 23.7 Å². The maximum Gasteiger partial charge on any atom is 0.120 e. The lowest BCUT2D eigenvalue weighted by Crippen LogP contribution is -2.33. The second kappa shape index (κ2) is 5.51. The fourth-order valence-electron chi connectivity index (χ4n) is 2.06. The van der Waals surface area contributed by atoms with Gasteiger partial charge in [-0.05, 0) is 45.2 Å². The number of aryl methyl sites for hydroxylation is 1. The minimum atomic E-state index is 0.263. The lowest BCUT2D eigenvalue weighted by molar-refractivity contribution is 0.0153. The van der Waals surface area contributed by atoms with Gasteiger partial charge in [-0.25, -0.2) is 0 Å². The first kappa shape index (κ1) is 11.7. The van der Waals surface area contributed by atoms with Gasteiger partial charge in [0.25, 0.3) is 0 Å². The molecule has 1 aromatic heterocycles. The molecule has 0 spiro atoms. The fraction of sp³-hybridized carbons (Fsp3) is 0.692. The van der Waals surface area contributed by atoms with Crippen molar-refractivity contribution in [2.75, 3.05) is 13.2 Å². The molecule has 2 rings (SSSR count). The third-order valence-corrected chi connectivity index (χ3v) is 3.11. The third kappa shape index (κ3) is 3.09. The Labute approximate surface area is 97.2 Å². The van der Waals surface area contributed by atoms with Crippen LogP contribution in [0.5, 0.6) is 0 Å². The van der Waals surface area contributed by atoms with Gasteiger partial charge in [-0.2, -0.15) is 0 Å². The topological polar surface area (TPSA) is 34.4 Å². The largest absolute Gasteiger partial charge is 0.465 e. The Hall–Kier alpha value is -0.800. The zero-order valence-corrected chi connectivity index (χ0v) is 10.2. The Morgan fingerprint density at radius 2 is 2.31 bits per heavy atom. The van der Waals surface area contributed by atoms with E-state index in [9.17, 15) is 0 Å². The summed E-state index contributed by atoms with van der Waals surface area (Å²) < 4.78 is 11.3. The van der Waals surface area contributed by atoms with Gasteiger partial charge in [0.15, 0.2) is 0 Å². The number of furan rings is 1. The van der Waals surface area contributed by atoms with E-state index in [1.165, 1.54) is 19.3 Å². The van der Waals surface area contributed by atoms with E-state index in [0.717, 1.165) is 24.7 Å². The molecule has 16 heavy (non-hydrogen) atoms. The molecule has 0 bridgehead atoms. The Bertz CT molecular complexity index is 315. The minimum Gasteiger partial charge on any atom is -0.465 e. The molecule has 3 nitrogen and oxygen atoms in total. The van der Waals surface area contributed by atoms with Gasteiger partial charge in [0.05, 0.1) is 12.1 Å². The average molecular weight is 223 g/mol. The van der Waals surface area contributed by atoms with Crippen LogP contribution >= 0.6 is 0 Å². The zero-order valence-electron chi connectivity index (χ0n) is 10.2. The highest BCUT2D eigenvalue weighted by atomic mass is 16.5. The van der Waals surface area contributed by atoms with Crippen molar-refractivity contribution >= 4 is 0 Å². The van der Waals surface area contributed by atoms with E-state index < -0.39 is 0 Å². The molecule has 2 atom stereocenters. The number of rotatable bonds is 4. The number of hydrogen-bond donors (Lipinski definition) is 1. The van der Waals surface area contributed by atoms with Crippen molar-refractivity contribution in [1.29, 1.82) is 0 Å². The van der Waals surface area contributed by atoms with Gasteiger partial charge >= 0.3 is 0 Å². The first-order valence-electron chi connectivity index (χ1n) is 6.17. The lowest BCUT2D eigenvalue weighted by atomic mass is 10.1. The minimum absolute atomic E-state index is 0.263. The van der Waals surface area contributed by atoms with Crippen molar-refractivity contribution in [1.82, 2.24) is 5.32 Å². The van der Waals surface area contributed by atoms with Crippen LogP contribution in [0.1, 0.15) is 43.7 Å². The molecule has 2 heterocycles. The molecule has 0 radical (unpaired) electrons. The van der Waals surface area contributed by atoms with E-state index >= 15 is 0 Å². The van der Waals surface area contributed by atoms with Crippen molar-refractivity contribution in [3.8, 4) is 0 Å². The van der Waals surface area contributed by atoms with E-state index in [2.05, 4.69) is 12.2 Å². The van der Waals surface area contributed by atoms with Crippen molar-refractivity contribution in [3.63, 3.8) is 0 Å². The lowest BCUT2D eigenvalue weighted by Gasteiger charge is -2.24. The van der Waals surface area contributed by atoms with E-state index in [1.54, 1.807) is 0 Å². The molecule has 1 aliphatic heterocycles. The van der Waals surface area contributed by atoms with Gasteiger partial charge in [-0.1, -0.05) is 0 Å². The van der Waals surface area contributed by atoms with Gasteiger partial charge in [-0.3, -0.25) is 0 Å². The molecule has 1 fully saturated rings. The standard InChI is InChI=1S/C13H21NO2/c1-10-6-7-13(16-10)11(2)14-9-12-5-3-4-8-15-12/h6-7,11-12,14H,3-5,8-9H2,1-2H3. The molecule has 1 N–H and O–H groups in total. The number of ether oxygens (including phenoxy) is 1. The normalized spacial score (nSPS) is 23.2. The van der Waals surface area contributed by atoms with Crippen LogP contribution in [-0.4, -0.2) is 19.3 Å². The van der Waals surface area contributed by atoms with Crippen LogP contribution in [0.2, 0.25) is 0 Å². The predicted molar refractivity (Wildman–Crippen MR) is 63.5 cm³/mol. The molecule has 0 aromatic carbocycles. The number of hydrogen-bond acceptors (Lipinski definition) is 3. The summed E-state index contributed by atoms with van der Waals surface area (Å²) in [6.45, 7) is 5.93. The van der Waals surface area contributed by atoms with E-state index in [4.69, 9.17) is 9.15 Å². The monoisotopic (exact) mass is 223 g/mol. The van der Waals surface area contributed by atoms with Gasteiger partial charge in [0, 0.05) is 13.2 Å². The second-order valence-corrected chi connectivity index (χ2v) is 4.57. The van der Waals surface area contributed by atoms with E-state index in [-0.39, 0.29) is 6.04 Å². The maximum atomic E-state index is 5.68. The summed E-state index contributed by atoms with van der Waals surface area (Å²) >= 11 is 0. The van der Waals surface area contributed by atoms with Gasteiger partial charge in [0.2, 0.25) is 0 Å². The summed E-state index contributed by atoms with van der Waals surface area (Å²) in [5.41, 5.74) is 0. The van der Waals surface area contributed by atoms with E-state index in [0.29, 0.717) is 6.10 Å². The van der Waals surface area contributed by atoms with Crippen LogP contribution in [-0.2, 0) is 4.74 Å². The predicted octanol–water partition coefficient (Wildman–Crippen LogP) is 2.81. The van der Waals surface area contributed by atoms with Gasteiger partial charge in [0.1, 0.15) is 11.5 Å². The SMILES string of the molecule is Cc1ccc(C(C)NCC2CCCCO2)o1. The molecule has 0 amide bonds. The van der Waals surface area contributed by atoms with Crippen LogP contribution in [0, 0.1) is 6.92 Å². The molecule has 3 heteroatoms. The summed E-state index contributed by atoms with van der Waals surface area (Å²) in [5, 5.41) is 3.46. The number of nitrogens with one attached hydrogen (secondary N) is 1. The third-order valence-electron chi connectivity index (χ3n) is 3.11. The summed E-state index contributed by atoms with van der Waals surface area (Å²) in [7, 11) is 0. The van der Waals surface area contributed by atoms with Crippen LogP contribution in [0.4, 0.5) is 0 Å². The van der Waals surface area contributed by atoms with Crippen LogP contribution < -0.4 is 5.32 Å². The molecular formula is C13H21NO2. The summed E-state index contributed by atoms with van der Waals surface area (Å²) in [6, 6.07) is 4.30. The molecule has 1 aromatic rings. The quantitative estimate of drug-likeness (QED) is 0.852. The first-order chi connectivity index (χ1) is 7.75. The Kier molecular flexibility index (Phi) is 4.02. The van der Waals surface area contributed by atoms with Crippen LogP contribution in [0.25, 0.3) is 0 Å². The molecule has 90 valence electrons. The van der Waals surface area contributed by atoms with Crippen molar-refractivity contribution < 1.29 is 9.15 Å². The van der Waals surface area contributed by atoms with Crippen LogP contribution in [0.3, 0.4) is 0 Å². The fourth-order valence-corrected chi connectivity index (χ4v) is 2.06. The molecule has 2 unspecified atom stereocenters. The first-order valence-corrected chi connectivity index (χ1v) is 6.17. The Morgan fingerprint density at radius 1 is 1.44 bits per heavy atom.